The summed E-state index contributed by atoms with van der Waals surface area (Å²) in [4.78, 5) is 10.7. The number of imidazole rings is 1. The molecule has 0 aliphatic carbocycles. The van der Waals surface area contributed by atoms with Gasteiger partial charge >= 0.3 is 0 Å². The van der Waals surface area contributed by atoms with Gasteiger partial charge in [0.15, 0.2) is 0 Å². The highest BCUT2D eigenvalue weighted by Gasteiger charge is 2.20. The molecule has 3 aromatic rings. The number of aromatic nitrogens is 2. The molecule has 144 valence electrons. The van der Waals surface area contributed by atoms with Gasteiger partial charge in [-0.15, -0.1) is 0 Å². The lowest BCUT2D eigenvalue weighted by Crippen LogP contribution is -2.33. The van der Waals surface area contributed by atoms with E-state index in [-0.39, 0.29) is 0 Å². The Hall–Kier alpha value is -2.59. The van der Waals surface area contributed by atoms with Crippen molar-refractivity contribution in [1.29, 1.82) is 0 Å². The van der Waals surface area contributed by atoms with Gasteiger partial charge in [-0.3, -0.25) is 4.90 Å². The van der Waals surface area contributed by atoms with E-state index in [1.54, 1.807) is 0 Å². The molecule has 1 saturated heterocycles. The second-order valence-corrected chi connectivity index (χ2v) is 8.09. The van der Waals surface area contributed by atoms with E-state index in [9.17, 15) is 0 Å². The highest BCUT2D eigenvalue weighted by atomic mass is 16.5. The minimum absolute atomic E-state index is 0.794. The lowest BCUT2D eigenvalue weighted by atomic mass is 9.90. The van der Waals surface area contributed by atoms with Gasteiger partial charge in [-0.05, 0) is 67.6 Å². The van der Waals surface area contributed by atoms with Crippen LogP contribution in [0.25, 0.3) is 11.4 Å². The largest absolute Gasteiger partial charge is 0.493 e. The van der Waals surface area contributed by atoms with E-state index in [1.165, 1.54) is 49.2 Å². The Morgan fingerprint density at radius 1 is 1.07 bits per heavy atom. The highest BCUT2D eigenvalue weighted by Crippen LogP contribution is 2.29. The molecule has 5 rings (SSSR count). The number of hydrogen-bond donors (Lipinski definition) is 1. The van der Waals surface area contributed by atoms with Crippen molar-refractivity contribution in [3.8, 4) is 17.1 Å². The van der Waals surface area contributed by atoms with Crippen LogP contribution in [-0.2, 0) is 19.4 Å². The molecule has 4 heteroatoms. The summed E-state index contributed by atoms with van der Waals surface area (Å²) < 4.78 is 5.60. The number of hydrogen-bond acceptors (Lipinski definition) is 3. The number of ether oxygens (including phenoxy) is 1. The van der Waals surface area contributed by atoms with Crippen molar-refractivity contribution in [3.63, 3.8) is 0 Å². The van der Waals surface area contributed by atoms with Crippen molar-refractivity contribution in [3.05, 3.63) is 71.5 Å². The molecule has 0 atom stereocenters. The predicted octanol–water partition coefficient (Wildman–Crippen LogP) is 4.47. The zero-order valence-electron chi connectivity index (χ0n) is 16.2. The molecule has 3 heterocycles. The smallest absolute Gasteiger partial charge is 0.137 e. The van der Waals surface area contributed by atoms with Gasteiger partial charge in [0, 0.05) is 30.4 Å². The Labute approximate surface area is 166 Å². The summed E-state index contributed by atoms with van der Waals surface area (Å²) in [5, 5.41) is 0. The molecule has 2 aliphatic rings. The number of nitrogens with zero attached hydrogens (tertiary/aromatic N) is 2. The van der Waals surface area contributed by atoms with Crippen LogP contribution in [0.5, 0.6) is 5.75 Å². The van der Waals surface area contributed by atoms with E-state index in [1.807, 2.05) is 6.20 Å². The van der Waals surface area contributed by atoms with Crippen LogP contribution in [0.2, 0.25) is 0 Å². The number of H-pyrrole nitrogens is 1. The van der Waals surface area contributed by atoms with Crippen molar-refractivity contribution in [2.24, 2.45) is 5.92 Å². The molecule has 0 unspecified atom stereocenters. The Bertz CT molecular complexity index is 926. The van der Waals surface area contributed by atoms with Gasteiger partial charge in [0.25, 0.3) is 0 Å². The second kappa shape index (κ2) is 7.80. The van der Waals surface area contributed by atoms with E-state index < -0.39 is 0 Å². The number of likely N-dealkylation sites (tertiary alicyclic amines) is 1. The molecular formula is C24H27N3O. The normalized spacial score (nSPS) is 17.4. The monoisotopic (exact) mass is 373 g/mol. The lowest BCUT2D eigenvalue weighted by Gasteiger charge is -2.31. The second-order valence-electron chi connectivity index (χ2n) is 8.09. The van der Waals surface area contributed by atoms with E-state index >= 15 is 0 Å². The Kier molecular flexibility index (Phi) is 4.88. The van der Waals surface area contributed by atoms with Gasteiger partial charge in [0.2, 0.25) is 0 Å². The molecule has 2 aliphatic heterocycles. The van der Waals surface area contributed by atoms with Crippen LogP contribution >= 0.6 is 0 Å². The summed E-state index contributed by atoms with van der Waals surface area (Å²) in [7, 11) is 0. The van der Waals surface area contributed by atoms with Crippen molar-refractivity contribution < 1.29 is 4.74 Å². The van der Waals surface area contributed by atoms with Crippen molar-refractivity contribution >= 4 is 0 Å². The number of benzene rings is 2. The molecule has 0 spiro atoms. The Balaban J connectivity index is 1.17. The zero-order chi connectivity index (χ0) is 18.8. The third-order valence-corrected chi connectivity index (χ3v) is 6.06. The highest BCUT2D eigenvalue weighted by molar-refractivity contribution is 5.59. The molecule has 0 amide bonds. The van der Waals surface area contributed by atoms with Gasteiger partial charge in [0.1, 0.15) is 11.6 Å². The molecule has 2 aromatic carbocycles. The van der Waals surface area contributed by atoms with Crippen molar-refractivity contribution in [2.45, 2.75) is 32.2 Å². The first-order chi connectivity index (χ1) is 13.8. The molecule has 1 N–H and O–H groups in total. The molecule has 0 saturated carbocycles. The maximum atomic E-state index is 5.60. The summed E-state index contributed by atoms with van der Waals surface area (Å²) >= 11 is 0. The van der Waals surface area contributed by atoms with Gasteiger partial charge in [-0.25, -0.2) is 4.98 Å². The predicted molar refractivity (Wildman–Crippen MR) is 111 cm³/mol. The summed E-state index contributed by atoms with van der Waals surface area (Å²) in [6.07, 6.45) is 6.76. The Morgan fingerprint density at radius 2 is 1.93 bits per heavy atom. The van der Waals surface area contributed by atoms with Crippen LogP contribution in [0.1, 0.15) is 29.7 Å². The third-order valence-electron chi connectivity index (χ3n) is 6.06. The average molecular weight is 374 g/mol. The molecule has 28 heavy (non-hydrogen) atoms. The van der Waals surface area contributed by atoms with Crippen LogP contribution in [-0.4, -0.2) is 34.6 Å². The number of rotatable bonds is 5. The quantitative estimate of drug-likeness (QED) is 0.718. The van der Waals surface area contributed by atoms with Crippen LogP contribution in [0.4, 0.5) is 0 Å². The first-order valence-electron chi connectivity index (χ1n) is 10.4. The molecule has 0 radical (unpaired) electrons. The molecule has 1 aromatic heterocycles. The molecule has 1 fully saturated rings. The number of piperidine rings is 1. The zero-order valence-corrected chi connectivity index (χ0v) is 16.2. The summed E-state index contributed by atoms with van der Waals surface area (Å²) in [6.45, 7) is 4.09. The van der Waals surface area contributed by atoms with Gasteiger partial charge in [0.05, 0.1) is 6.61 Å². The number of nitrogens with one attached hydrogen (secondary N) is 1. The first-order valence-corrected chi connectivity index (χ1v) is 10.4. The third kappa shape index (κ3) is 3.83. The van der Waals surface area contributed by atoms with Crippen molar-refractivity contribution in [1.82, 2.24) is 14.9 Å². The fourth-order valence-corrected chi connectivity index (χ4v) is 4.46. The minimum Gasteiger partial charge on any atom is -0.493 e. The maximum absolute atomic E-state index is 5.60. The van der Waals surface area contributed by atoms with E-state index in [2.05, 4.69) is 63.4 Å². The lowest BCUT2D eigenvalue weighted by molar-refractivity contribution is 0.175. The molecular weight excluding hydrogens is 346 g/mol. The average Bonchev–Trinajstić information content (AvgIpc) is 3.39. The standard InChI is InChI=1S/C24H27N3O/c1-2-4-18(5-3-1)14-19-8-11-27(12-9-19)17-22-16-25-24(26-22)21-6-7-23-20(15-21)10-13-28-23/h1-7,15-16,19H,8-14,17H2,(H,25,26). The topological polar surface area (TPSA) is 41.2 Å². The summed E-state index contributed by atoms with van der Waals surface area (Å²) in [5.74, 6) is 2.79. The van der Waals surface area contributed by atoms with Crippen LogP contribution < -0.4 is 4.74 Å². The maximum Gasteiger partial charge on any atom is 0.137 e. The van der Waals surface area contributed by atoms with Gasteiger partial charge in [-0.1, -0.05) is 30.3 Å². The van der Waals surface area contributed by atoms with Crippen LogP contribution in [0.15, 0.2) is 54.7 Å². The van der Waals surface area contributed by atoms with Crippen LogP contribution in [0.3, 0.4) is 0 Å². The van der Waals surface area contributed by atoms with Crippen LogP contribution in [0, 0.1) is 5.92 Å². The SMILES string of the molecule is c1ccc(CC2CCN(Cc3cnc(-c4ccc5c(c4)CCO5)[nH]3)CC2)cc1. The molecule has 0 bridgehead atoms. The fourth-order valence-electron chi connectivity index (χ4n) is 4.46. The molecule has 4 nitrogen and oxygen atoms in total. The number of aromatic amines is 1. The van der Waals surface area contributed by atoms with Gasteiger partial charge < -0.3 is 9.72 Å². The summed E-state index contributed by atoms with van der Waals surface area (Å²) in [6, 6.07) is 17.3. The van der Waals surface area contributed by atoms with E-state index in [4.69, 9.17) is 4.74 Å². The summed E-state index contributed by atoms with van der Waals surface area (Å²) in [5.41, 5.74) is 5.11. The first kappa shape index (κ1) is 17.5. The minimum atomic E-state index is 0.794. The van der Waals surface area contributed by atoms with Gasteiger partial charge in [-0.2, -0.15) is 0 Å². The fraction of sp³-hybridized carbons (Fsp3) is 0.375. The van der Waals surface area contributed by atoms with E-state index in [0.717, 1.165) is 42.6 Å². The number of fused-ring (bicyclic) bond motifs is 1. The Morgan fingerprint density at radius 3 is 2.79 bits per heavy atom. The van der Waals surface area contributed by atoms with E-state index in [0.29, 0.717) is 0 Å². The van der Waals surface area contributed by atoms with Crippen molar-refractivity contribution in [2.75, 3.05) is 19.7 Å².